The molecule has 0 spiro atoms. The van der Waals surface area contributed by atoms with Gasteiger partial charge in [0.15, 0.2) is 0 Å². The van der Waals surface area contributed by atoms with Gasteiger partial charge in [-0.2, -0.15) is 0 Å². The maximum Gasteiger partial charge on any atom is 0.119 e. The molecule has 3 atom stereocenters. The Bertz CT molecular complexity index is 826. The molecule has 2 N–H and O–H groups in total. The molecule has 140 valence electrons. The lowest BCUT2D eigenvalue weighted by atomic mass is 10.0. The molecule has 27 heavy (non-hydrogen) atoms. The molecule has 0 saturated heterocycles. The number of ether oxygens (including phenoxy) is 1. The zero-order valence-corrected chi connectivity index (χ0v) is 16.6. The van der Waals surface area contributed by atoms with Crippen molar-refractivity contribution in [2.24, 2.45) is 0 Å². The van der Waals surface area contributed by atoms with E-state index in [0.717, 1.165) is 17.6 Å². The number of aliphatic hydroxyl groups excluding tert-OH is 1. The van der Waals surface area contributed by atoms with Gasteiger partial charge < -0.3 is 15.2 Å². The van der Waals surface area contributed by atoms with Gasteiger partial charge in [0.25, 0.3) is 0 Å². The Morgan fingerprint density at radius 1 is 0.889 bits per heavy atom. The van der Waals surface area contributed by atoms with E-state index in [-0.39, 0.29) is 6.04 Å². The molecule has 0 bridgehead atoms. The Labute approximate surface area is 162 Å². The van der Waals surface area contributed by atoms with Crippen LogP contribution in [0, 0.1) is 0 Å². The number of methoxy groups -OCH3 is 1. The van der Waals surface area contributed by atoms with E-state index in [9.17, 15) is 5.11 Å². The molecule has 2 unspecified atom stereocenters. The lowest BCUT2D eigenvalue weighted by Crippen LogP contribution is -2.34. The first kappa shape index (κ1) is 19.6. The molecule has 3 nitrogen and oxygen atoms in total. The van der Waals surface area contributed by atoms with Crippen LogP contribution in [0.4, 0.5) is 0 Å². The summed E-state index contributed by atoms with van der Waals surface area (Å²) >= 11 is 0. The SMILES string of the molecule is COc1cccc(P(CN[C@@H](C)C(O)c2ccccc2)c2ccccc2)c1. The van der Waals surface area contributed by atoms with Crippen LogP contribution >= 0.6 is 7.92 Å². The van der Waals surface area contributed by atoms with Gasteiger partial charge in [0.1, 0.15) is 5.75 Å². The first-order valence-electron chi connectivity index (χ1n) is 9.12. The van der Waals surface area contributed by atoms with Crippen molar-refractivity contribution in [1.29, 1.82) is 0 Å². The van der Waals surface area contributed by atoms with Crippen LogP contribution in [0.3, 0.4) is 0 Å². The van der Waals surface area contributed by atoms with Crippen LogP contribution in [0.2, 0.25) is 0 Å². The van der Waals surface area contributed by atoms with Crippen molar-refractivity contribution in [2.75, 3.05) is 13.4 Å². The van der Waals surface area contributed by atoms with Crippen LogP contribution in [0.15, 0.2) is 84.9 Å². The average Bonchev–Trinajstić information content (AvgIpc) is 2.74. The van der Waals surface area contributed by atoms with E-state index in [4.69, 9.17) is 4.74 Å². The van der Waals surface area contributed by atoms with Gasteiger partial charge in [-0.05, 0) is 43.2 Å². The Morgan fingerprint density at radius 2 is 1.52 bits per heavy atom. The van der Waals surface area contributed by atoms with Crippen LogP contribution in [0.1, 0.15) is 18.6 Å². The van der Waals surface area contributed by atoms with E-state index in [1.807, 2.05) is 55.5 Å². The molecule has 0 heterocycles. The summed E-state index contributed by atoms with van der Waals surface area (Å²) in [5.74, 6) is 0.869. The number of rotatable bonds is 8. The summed E-state index contributed by atoms with van der Waals surface area (Å²) in [7, 11) is 1.09. The minimum Gasteiger partial charge on any atom is -0.497 e. The van der Waals surface area contributed by atoms with Crippen molar-refractivity contribution in [3.05, 3.63) is 90.5 Å². The quantitative estimate of drug-likeness (QED) is 0.585. The van der Waals surface area contributed by atoms with Gasteiger partial charge in [-0.1, -0.05) is 72.8 Å². The van der Waals surface area contributed by atoms with Crippen molar-refractivity contribution in [1.82, 2.24) is 5.32 Å². The van der Waals surface area contributed by atoms with Gasteiger partial charge >= 0.3 is 0 Å². The van der Waals surface area contributed by atoms with Crippen molar-refractivity contribution in [3.8, 4) is 5.75 Å². The summed E-state index contributed by atoms with van der Waals surface area (Å²) in [5.41, 5.74) is 0.933. The Morgan fingerprint density at radius 3 is 2.19 bits per heavy atom. The largest absolute Gasteiger partial charge is 0.497 e. The summed E-state index contributed by atoms with van der Waals surface area (Å²) in [5, 5.41) is 16.8. The highest BCUT2D eigenvalue weighted by Gasteiger charge is 2.19. The standard InChI is InChI=1S/C23H26NO2P/c1-18(23(25)19-10-5-3-6-11-19)24-17-27(21-13-7-4-8-14-21)22-15-9-12-20(16-22)26-2/h3-16,18,23-25H,17H2,1-2H3/t18-,23?,27?/m0/s1. The predicted octanol–water partition coefficient (Wildman–Crippen LogP) is 3.80. The van der Waals surface area contributed by atoms with Gasteiger partial charge in [-0.15, -0.1) is 0 Å². The Hall–Kier alpha value is -2.19. The molecule has 3 aromatic rings. The monoisotopic (exact) mass is 379 g/mol. The Kier molecular flexibility index (Phi) is 7.00. The third-order valence-electron chi connectivity index (χ3n) is 4.62. The summed E-state index contributed by atoms with van der Waals surface area (Å²) < 4.78 is 5.41. The molecule has 0 aliphatic rings. The highest BCUT2D eigenvalue weighted by molar-refractivity contribution is 7.72. The second-order valence-electron chi connectivity index (χ2n) is 6.47. The van der Waals surface area contributed by atoms with E-state index in [2.05, 4.69) is 41.7 Å². The van der Waals surface area contributed by atoms with E-state index in [1.165, 1.54) is 10.6 Å². The zero-order chi connectivity index (χ0) is 19.1. The van der Waals surface area contributed by atoms with Crippen molar-refractivity contribution in [3.63, 3.8) is 0 Å². The maximum atomic E-state index is 10.6. The molecule has 4 heteroatoms. The smallest absolute Gasteiger partial charge is 0.119 e. The molecule has 0 aliphatic carbocycles. The molecule has 0 aliphatic heterocycles. The summed E-state index contributed by atoms with van der Waals surface area (Å²) in [6.45, 7) is 2.03. The number of hydrogen-bond donors (Lipinski definition) is 2. The van der Waals surface area contributed by atoms with Gasteiger partial charge in [-0.25, -0.2) is 0 Å². The Balaban J connectivity index is 1.77. The topological polar surface area (TPSA) is 41.5 Å². The van der Waals surface area contributed by atoms with E-state index >= 15 is 0 Å². The minimum absolute atomic E-state index is 0.0493. The summed E-state index contributed by atoms with van der Waals surface area (Å²) in [6, 6.07) is 28.6. The van der Waals surface area contributed by atoms with Gasteiger partial charge in [0.2, 0.25) is 0 Å². The second kappa shape index (κ2) is 9.66. The van der Waals surface area contributed by atoms with Gasteiger partial charge in [-0.3, -0.25) is 0 Å². The van der Waals surface area contributed by atoms with Crippen molar-refractivity contribution < 1.29 is 9.84 Å². The molecule has 0 aromatic heterocycles. The normalized spacial score (nSPS) is 14.3. The first-order valence-corrected chi connectivity index (χ1v) is 10.6. The highest BCUT2D eigenvalue weighted by atomic mass is 31.1. The van der Waals surface area contributed by atoms with E-state index < -0.39 is 14.0 Å². The predicted molar refractivity (Wildman–Crippen MR) is 114 cm³/mol. The third-order valence-corrected chi connectivity index (χ3v) is 6.94. The lowest BCUT2D eigenvalue weighted by Gasteiger charge is -2.25. The molecule has 0 radical (unpaired) electrons. The number of hydrogen-bond acceptors (Lipinski definition) is 3. The molecule has 3 rings (SSSR count). The lowest BCUT2D eigenvalue weighted by molar-refractivity contribution is 0.139. The maximum absolute atomic E-state index is 10.6. The van der Waals surface area contributed by atoms with Gasteiger partial charge in [0, 0.05) is 12.3 Å². The molecule has 0 amide bonds. The number of benzene rings is 3. The third kappa shape index (κ3) is 5.17. The fourth-order valence-corrected chi connectivity index (χ4v) is 5.22. The van der Waals surface area contributed by atoms with E-state index in [0.29, 0.717) is 0 Å². The fourth-order valence-electron chi connectivity index (χ4n) is 3.00. The number of aliphatic hydroxyl groups is 1. The number of nitrogens with one attached hydrogen (secondary N) is 1. The van der Waals surface area contributed by atoms with Crippen LogP contribution in [0.25, 0.3) is 0 Å². The molecule has 3 aromatic carbocycles. The van der Waals surface area contributed by atoms with Crippen LogP contribution < -0.4 is 20.7 Å². The molecular formula is C23H26NO2P. The van der Waals surface area contributed by atoms with Crippen LogP contribution in [0.5, 0.6) is 5.75 Å². The van der Waals surface area contributed by atoms with Crippen molar-refractivity contribution in [2.45, 2.75) is 19.1 Å². The summed E-state index contributed by atoms with van der Waals surface area (Å²) in [6.07, 6.45) is 0.251. The van der Waals surface area contributed by atoms with Crippen LogP contribution in [-0.2, 0) is 0 Å². The zero-order valence-electron chi connectivity index (χ0n) is 15.7. The minimum atomic E-state index is -0.601. The highest BCUT2D eigenvalue weighted by Crippen LogP contribution is 2.33. The van der Waals surface area contributed by atoms with Gasteiger partial charge in [0.05, 0.1) is 13.2 Å². The summed E-state index contributed by atoms with van der Waals surface area (Å²) in [4.78, 5) is 0. The van der Waals surface area contributed by atoms with E-state index in [1.54, 1.807) is 7.11 Å². The molecule has 0 saturated carbocycles. The van der Waals surface area contributed by atoms with Crippen molar-refractivity contribution >= 4 is 18.5 Å². The molecule has 0 fully saturated rings. The second-order valence-corrected chi connectivity index (χ2v) is 8.68. The fraction of sp³-hybridized carbons (Fsp3) is 0.217. The van der Waals surface area contributed by atoms with Crippen LogP contribution in [-0.4, -0.2) is 24.5 Å². The first-order chi connectivity index (χ1) is 13.2. The average molecular weight is 379 g/mol. The molecular weight excluding hydrogens is 353 g/mol.